The van der Waals surface area contributed by atoms with Gasteiger partial charge in [-0.3, -0.25) is 0 Å². The molecule has 478 valence electrons. The molecular formula is C99H72N2. The molecule has 101 heavy (non-hydrogen) atoms. The van der Waals surface area contributed by atoms with E-state index in [4.69, 9.17) is 0 Å². The number of nitrogens with zero attached hydrogens (tertiary/aromatic N) is 2. The molecule has 0 bridgehead atoms. The van der Waals surface area contributed by atoms with Crippen LogP contribution < -0.4 is 0 Å². The highest BCUT2D eigenvalue weighted by Gasteiger charge is 2.23. The molecule has 0 aliphatic heterocycles. The summed E-state index contributed by atoms with van der Waals surface area (Å²) in [7, 11) is 0. The van der Waals surface area contributed by atoms with E-state index in [-0.39, 0.29) is 5.41 Å². The number of hydrogen-bond acceptors (Lipinski definition) is 0. The van der Waals surface area contributed by atoms with Gasteiger partial charge >= 0.3 is 0 Å². The van der Waals surface area contributed by atoms with Crippen molar-refractivity contribution in [1.82, 2.24) is 9.13 Å². The van der Waals surface area contributed by atoms with E-state index in [0.29, 0.717) is 0 Å². The predicted octanol–water partition coefficient (Wildman–Crippen LogP) is 27.5. The Hall–Kier alpha value is -12.6. The van der Waals surface area contributed by atoms with Crippen LogP contribution in [0.2, 0.25) is 0 Å². The van der Waals surface area contributed by atoms with E-state index in [9.17, 15) is 0 Å². The first-order valence-corrected chi connectivity index (χ1v) is 35.2. The highest BCUT2D eigenvalue weighted by atomic mass is 15.0. The summed E-state index contributed by atoms with van der Waals surface area (Å²) >= 11 is 0. The Kier molecular flexibility index (Phi) is 15.1. The van der Waals surface area contributed by atoms with Crippen molar-refractivity contribution in [2.75, 3.05) is 0 Å². The third kappa shape index (κ3) is 10.7. The summed E-state index contributed by atoms with van der Waals surface area (Å²) in [6, 6.07) is 133. The monoisotopic (exact) mass is 1290 g/mol. The third-order valence-electron chi connectivity index (χ3n) is 20.8. The molecule has 0 radical (unpaired) electrons. The van der Waals surface area contributed by atoms with Gasteiger partial charge in [0.05, 0.1) is 22.1 Å². The van der Waals surface area contributed by atoms with Crippen molar-refractivity contribution in [3.8, 4) is 89.3 Å². The van der Waals surface area contributed by atoms with E-state index in [2.05, 4.69) is 401 Å². The highest BCUT2D eigenvalue weighted by molar-refractivity contribution is 6.23. The average Bonchev–Trinajstić information content (AvgIpc) is 0.994. The Morgan fingerprint density at radius 1 is 0.198 bits per heavy atom. The van der Waals surface area contributed by atoms with Gasteiger partial charge in [-0.25, -0.2) is 0 Å². The molecule has 17 aromatic carbocycles. The average molecular weight is 1290 g/mol. The molecule has 2 heteroatoms. The van der Waals surface area contributed by atoms with Gasteiger partial charge in [0.2, 0.25) is 0 Å². The molecule has 0 unspecified atom stereocenters. The van der Waals surface area contributed by atoms with Crippen LogP contribution >= 0.6 is 0 Å². The summed E-state index contributed by atoms with van der Waals surface area (Å²) in [5.74, 6) is 0. The number of aromatic nitrogens is 2. The Balaban J connectivity index is 0.000000145. The van der Waals surface area contributed by atoms with E-state index in [1.807, 2.05) is 0 Å². The molecule has 0 amide bonds. The molecular weight excluding hydrogens is 1220 g/mol. The zero-order chi connectivity index (χ0) is 67.7. The van der Waals surface area contributed by atoms with Crippen LogP contribution in [0.25, 0.3) is 176 Å². The lowest BCUT2D eigenvalue weighted by Gasteiger charge is -2.23. The third-order valence-corrected chi connectivity index (χ3v) is 20.8. The predicted molar refractivity (Wildman–Crippen MR) is 433 cm³/mol. The second kappa shape index (κ2) is 25.0. The van der Waals surface area contributed by atoms with E-state index < -0.39 is 0 Å². The van der Waals surface area contributed by atoms with Crippen LogP contribution in [-0.4, -0.2) is 9.13 Å². The normalized spacial score (nSPS) is 11.8. The number of rotatable bonds is 9. The van der Waals surface area contributed by atoms with Crippen LogP contribution in [0.5, 0.6) is 0 Å². The van der Waals surface area contributed by atoms with Gasteiger partial charge in [0.1, 0.15) is 0 Å². The van der Waals surface area contributed by atoms with Crippen molar-refractivity contribution < 1.29 is 0 Å². The number of benzene rings is 17. The molecule has 0 aliphatic carbocycles. The maximum absolute atomic E-state index is 2.44. The molecule has 0 aliphatic rings. The molecule has 2 nitrogen and oxygen atoms in total. The molecule has 19 rings (SSSR count). The van der Waals surface area contributed by atoms with Gasteiger partial charge in [-0.15, -0.1) is 0 Å². The van der Waals surface area contributed by atoms with Crippen molar-refractivity contribution in [2.45, 2.75) is 33.1 Å². The van der Waals surface area contributed by atoms with Crippen molar-refractivity contribution in [2.24, 2.45) is 0 Å². The SMILES string of the molecule is Cc1ccc(-c2c3ccccc3c(-c3ccc(-n4c5ccccc5c5cc(-c6ccccc6)ccc54)cc3)c3ccc(C(C)(C)C)cc23)cc1.c1ccc(-c2ccccc2-c2ccc3c(c2)c2ccccc2n3-c2ccc(-c3c4ccccc4c(-c4ccccc4)c4ccccc34)cc2)cc1. The molecule has 0 atom stereocenters. The summed E-state index contributed by atoms with van der Waals surface area (Å²) in [5, 5.41) is 15.3. The fraction of sp³-hybridized carbons (Fsp3) is 0.0505. The second-order valence-corrected chi connectivity index (χ2v) is 27.9. The first-order valence-electron chi connectivity index (χ1n) is 35.2. The largest absolute Gasteiger partial charge is 0.309 e. The standard InChI is InChI=1S/C50H33N.C49H39N/c1-3-15-34(16-4-1)39-19-7-8-20-40(39)37-29-32-48-46(33-37)41-21-13-14-26-47(41)51(48)38-30-27-36(28-31-38)50-44-24-11-9-22-42(44)49(35-17-5-2-6-18-35)43-23-10-12-25-45(43)50;1-32-18-20-34(21-19-32)48-41-16-9-8-15-40(41)47(42-28-25-37(31-44(42)48)49(2,3)4)35-22-26-38(27-23-35)50-45-17-11-10-14-39(45)43-30-36(24-29-46(43)50)33-12-6-5-7-13-33/h1-33H;5-31H,1-4H3. The summed E-state index contributed by atoms with van der Waals surface area (Å²) in [5.41, 5.74) is 27.3. The summed E-state index contributed by atoms with van der Waals surface area (Å²) in [6.07, 6.45) is 0. The Morgan fingerprint density at radius 2 is 0.505 bits per heavy atom. The minimum Gasteiger partial charge on any atom is -0.309 e. The van der Waals surface area contributed by atoms with Crippen LogP contribution in [-0.2, 0) is 5.41 Å². The van der Waals surface area contributed by atoms with Crippen LogP contribution in [0.3, 0.4) is 0 Å². The Morgan fingerprint density at radius 3 is 0.950 bits per heavy atom. The van der Waals surface area contributed by atoms with Gasteiger partial charge in [-0.2, -0.15) is 0 Å². The number of hydrogen-bond donors (Lipinski definition) is 0. The second-order valence-electron chi connectivity index (χ2n) is 27.9. The van der Waals surface area contributed by atoms with Crippen molar-refractivity contribution >= 4 is 86.7 Å². The number of fused-ring (bicyclic) bond motifs is 10. The molecule has 0 saturated carbocycles. The van der Waals surface area contributed by atoms with Gasteiger partial charge in [0.15, 0.2) is 0 Å². The van der Waals surface area contributed by atoms with Crippen LogP contribution in [0.15, 0.2) is 364 Å². The zero-order valence-corrected chi connectivity index (χ0v) is 57.0. The quantitative estimate of drug-likeness (QED) is 0.128. The molecule has 19 aromatic rings. The molecule has 0 spiro atoms. The summed E-state index contributed by atoms with van der Waals surface area (Å²) < 4.78 is 4.82. The lowest BCUT2D eigenvalue weighted by atomic mass is 9.81. The molecule has 0 saturated heterocycles. The summed E-state index contributed by atoms with van der Waals surface area (Å²) in [6.45, 7) is 9.07. The number of aryl methyl sites for hydroxylation is 1. The van der Waals surface area contributed by atoms with Gasteiger partial charge in [-0.05, 0) is 206 Å². The number of para-hydroxylation sites is 2. The van der Waals surface area contributed by atoms with Crippen LogP contribution in [0.1, 0.15) is 31.9 Å². The Bertz CT molecular complexity index is 6310. The minimum atomic E-state index is 0.0381. The van der Waals surface area contributed by atoms with Gasteiger partial charge in [0, 0.05) is 32.9 Å². The lowest BCUT2D eigenvalue weighted by Crippen LogP contribution is -2.10. The van der Waals surface area contributed by atoms with Crippen molar-refractivity contribution in [3.63, 3.8) is 0 Å². The maximum Gasteiger partial charge on any atom is 0.0541 e. The highest BCUT2D eigenvalue weighted by Crippen LogP contribution is 2.48. The van der Waals surface area contributed by atoms with Gasteiger partial charge in [0.25, 0.3) is 0 Å². The molecule has 0 fully saturated rings. The van der Waals surface area contributed by atoms with Crippen molar-refractivity contribution in [3.05, 3.63) is 375 Å². The van der Waals surface area contributed by atoms with Crippen LogP contribution in [0, 0.1) is 6.92 Å². The lowest BCUT2D eigenvalue weighted by molar-refractivity contribution is 0.591. The van der Waals surface area contributed by atoms with E-state index in [1.165, 1.54) is 176 Å². The van der Waals surface area contributed by atoms with Crippen LogP contribution in [0.4, 0.5) is 0 Å². The molecule has 0 N–H and O–H groups in total. The topological polar surface area (TPSA) is 9.86 Å². The van der Waals surface area contributed by atoms with E-state index in [0.717, 1.165) is 11.4 Å². The molecule has 2 aromatic heterocycles. The zero-order valence-electron chi connectivity index (χ0n) is 57.0. The fourth-order valence-corrected chi connectivity index (χ4v) is 16.0. The molecule has 2 heterocycles. The minimum absolute atomic E-state index is 0.0381. The first-order chi connectivity index (χ1) is 49.7. The Labute approximate surface area is 589 Å². The fourth-order valence-electron chi connectivity index (χ4n) is 16.0. The first kappa shape index (κ1) is 60.8. The van der Waals surface area contributed by atoms with E-state index in [1.54, 1.807) is 0 Å². The smallest absolute Gasteiger partial charge is 0.0541 e. The van der Waals surface area contributed by atoms with Gasteiger partial charge in [-0.1, -0.05) is 324 Å². The van der Waals surface area contributed by atoms with Gasteiger partial charge < -0.3 is 9.13 Å². The maximum atomic E-state index is 2.44. The van der Waals surface area contributed by atoms with Crippen molar-refractivity contribution in [1.29, 1.82) is 0 Å². The van der Waals surface area contributed by atoms with E-state index >= 15 is 0 Å². The summed E-state index contributed by atoms with van der Waals surface area (Å²) in [4.78, 5) is 0.